The molecule has 0 aliphatic heterocycles. The number of aliphatic hydroxyl groups excluding tert-OH is 1. The van der Waals surface area contributed by atoms with E-state index in [1.54, 1.807) is 0 Å². The van der Waals surface area contributed by atoms with E-state index >= 15 is 0 Å². The van der Waals surface area contributed by atoms with E-state index in [0.29, 0.717) is 0 Å². The van der Waals surface area contributed by atoms with Crippen molar-refractivity contribution in [2.45, 2.75) is 26.4 Å². The lowest BCUT2D eigenvalue weighted by Crippen LogP contribution is -2.11. The lowest BCUT2D eigenvalue weighted by molar-refractivity contribution is 0.186. The molecule has 1 rings (SSSR count). The number of aliphatic hydroxyl groups is 1. The van der Waals surface area contributed by atoms with Gasteiger partial charge in [-0.3, -0.25) is 0 Å². The second-order valence-electron chi connectivity index (χ2n) is 3.29. The summed E-state index contributed by atoms with van der Waals surface area (Å²) in [5.41, 5.74) is 8.86. The predicted octanol–water partition coefficient (Wildman–Crippen LogP) is 1.55. The molecule has 0 saturated carbocycles. The molecule has 3 N–H and O–H groups in total. The normalized spacial score (nSPS) is 12.9. The molecular formula is C11H17NO. The zero-order valence-electron chi connectivity index (χ0n) is 8.25. The van der Waals surface area contributed by atoms with Crippen LogP contribution in [0.15, 0.2) is 18.2 Å². The topological polar surface area (TPSA) is 46.2 Å². The predicted molar refractivity (Wildman–Crippen MR) is 54.6 cm³/mol. The second kappa shape index (κ2) is 4.40. The van der Waals surface area contributed by atoms with Gasteiger partial charge < -0.3 is 10.8 Å². The van der Waals surface area contributed by atoms with Gasteiger partial charge in [-0.05, 0) is 30.0 Å². The number of nitrogens with two attached hydrogens (primary N) is 1. The van der Waals surface area contributed by atoms with E-state index in [4.69, 9.17) is 5.73 Å². The highest BCUT2D eigenvalue weighted by Gasteiger charge is 2.06. The van der Waals surface area contributed by atoms with E-state index < -0.39 is 6.10 Å². The van der Waals surface area contributed by atoms with Gasteiger partial charge in [-0.2, -0.15) is 0 Å². The fourth-order valence-electron chi connectivity index (χ4n) is 1.42. The summed E-state index contributed by atoms with van der Waals surface area (Å²) < 4.78 is 0. The van der Waals surface area contributed by atoms with Crippen molar-refractivity contribution in [2.75, 3.05) is 6.54 Å². The van der Waals surface area contributed by atoms with Gasteiger partial charge in [0.15, 0.2) is 0 Å². The highest BCUT2D eigenvalue weighted by Crippen LogP contribution is 2.17. The van der Waals surface area contributed by atoms with Crippen LogP contribution in [0.1, 0.15) is 29.7 Å². The van der Waals surface area contributed by atoms with Crippen molar-refractivity contribution in [1.82, 2.24) is 0 Å². The van der Waals surface area contributed by atoms with Gasteiger partial charge in [-0.1, -0.05) is 25.1 Å². The van der Waals surface area contributed by atoms with Gasteiger partial charge in [0.05, 0.1) is 6.10 Å². The summed E-state index contributed by atoms with van der Waals surface area (Å²) in [6, 6.07) is 6.01. The van der Waals surface area contributed by atoms with Gasteiger partial charge >= 0.3 is 0 Å². The molecule has 0 amide bonds. The molecule has 1 aromatic rings. The van der Waals surface area contributed by atoms with Crippen LogP contribution in [0.25, 0.3) is 0 Å². The Labute approximate surface area is 79.4 Å². The van der Waals surface area contributed by atoms with Gasteiger partial charge in [-0.25, -0.2) is 0 Å². The van der Waals surface area contributed by atoms with Crippen molar-refractivity contribution < 1.29 is 5.11 Å². The maximum absolute atomic E-state index is 9.52. The van der Waals surface area contributed by atoms with Crippen LogP contribution in [-0.2, 0) is 6.42 Å². The SMILES string of the molecule is CCc1cc([C@@H](O)CN)ccc1C. The molecule has 0 heterocycles. The molecule has 2 heteroatoms. The zero-order chi connectivity index (χ0) is 9.84. The first-order valence-electron chi connectivity index (χ1n) is 4.66. The van der Waals surface area contributed by atoms with Crippen LogP contribution in [-0.4, -0.2) is 11.7 Å². The van der Waals surface area contributed by atoms with Crippen LogP contribution in [0.5, 0.6) is 0 Å². The van der Waals surface area contributed by atoms with Crippen LogP contribution >= 0.6 is 0 Å². The monoisotopic (exact) mass is 179 g/mol. The summed E-state index contributed by atoms with van der Waals surface area (Å²) in [7, 11) is 0. The standard InChI is InChI=1S/C11H17NO/c1-3-9-6-10(11(13)7-12)5-4-8(9)2/h4-6,11,13H,3,7,12H2,1-2H3/t11-/m0/s1. The highest BCUT2D eigenvalue weighted by molar-refractivity contribution is 5.32. The third kappa shape index (κ3) is 2.29. The van der Waals surface area contributed by atoms with E-state index in [1.807, 2.05) is 18.2 Å². The van der Waals surface area contributed by atoms with E-state index in [0.717, 1.165) is 12.0 Å². The molecule has 0 aromatic heterocycles. The molecule has 2 nitrogen and oxygen atoms in total. The van der Waals surface area contributed by atoms with Crippen molar-refractivity contribution >= 4 is 0 Å². The van der Waals surface area contributed by atoms with Crippen LogP contribution in [0, 0.1) is 6.92 Å². The lowest BCUT2D eigenvalue weighted by Gasteiger charge is -2.11. The smallest absolute Gasteiger partial charge is 0.0912 e. The van der Waals surface area contributed by atoms with Gasteiger partial charge in [0.2, 0.25) is 0 Å². The lowest BCUT2D eigenvalue weighted by atomic mass is 10.0. The van der Waals surface area contributed by atoms with Gasteiger partial charge in [0.25, 0.3) is 0 Å². The molecule has 1 atom stereocenters. The van der Waals surface area contributed by atoms with Crippen molar-refractivity contribution in [1.29, 1.82) is 0 Å². The average Bonchev–Trinajstić information content (AvgIpc) is 2.17. The van der Waals surface area contributed by atoms with Crippen LogP contribution in [0.3, 0.4) is 0 Å². The van der Waals surface area contributed by atoms with E-state index in [1.165, 1.54) is 11.1 Å². The third-order valence-electron chi connectivity index (χ3n) is 2.36. The molecule has 0 bridgehead atoms. The molecule has 0 radical (unpaired) electrons. The Morgan fingerprint density at radius 2 is 2.15 bits per heavy atom. The molecular weight excluding hydrogens is 162 g/mol. The van der Waals surface area contributed by atoms with Crippen molar-refractivity contribution in [2.24, 2.45) is 5.73 Å². The minimum Gasteiger partial charge on any atom is -0.387 e. The minimum absolute atomic E-state index is 0.284. The largest absolute Gasteiger partial charge is 0.387 e. The molecule has 0 fully saturated rings. The molecule has 13 heavy (non-hydrogen) atoms. The Hall–Kier alpha value is -0.860. The Kier molecular flexibility index (Phi) is 3.46. The average molecular weight is 179 g/mol. The highest BCUT2D eigenvalue weighted by atomic mass is 16.3. The van der Waals surface area contributed by atoms with E-state index in [-0.39, 0.29) is 6.54 Å². The first kappa shape index (κ1) is 10.2. The first-order chi connectivity index (χ1) is 6.19. The molecule has 72 valence electrons. The number of rotatable bonds is 3. The third-order valence-corrected chi connectivity index (χ3v) is 2.36. The minimum atomic E-state index is -0.522. The molecule has 1 aromatic carbocycles. The van der Waals surface area contributed by atoms with Crippen LogP contribution in [0.2, 0.25) is 0 Å². The molecule has 0 aliphatic carbocycles. The van der Waals surface area contributed by atoms with Gasteiger partial charge in [0.1, 0.15) is 0 Å². The number of benzene rings is 1. The van der Waals surface area contributed by atoms with Crippen LogP contribution < -0.4 is 5.73 Å². The Morgan fingerprint density at radius 3 is 2.69 bits per heavy atom. The first-order valence-corrected chi connectivity index (χ1v) is 4.66. The zero-order valence-corrected chi connectivity index (χ0v) is 8.25. The maximum atomic E-state index is 9.52. The molecule has 0 saturated heterocycles. The summed E-state index contributed by atoms with van der Waals surface area (Å²) >= 11 is 0. The summed E-state index contributed by atoms with van der Waals surface area (Å²) in [6.07, 6.45) is 0.475. The second-order valence-corrected chi connectivity index (χ2v) is 3.29. The Morgan fingerprint density at radius 1 is 1.46 bits per heavy atom. The maximum Gasteiger partial charge on any atom is 0.0912 e. The van der Waals surface area contributed by atoms with Gasteiger partial charge in [-0.15, -0.1) is 0 Å². The number of aryl methyl sites for hydroxylation is 2. The molecule has 0 spiro atoms. The number of hydrogen-bond acceptors (Lipinski definition) is 2. The Bertz CT molecular complexity index is 283. The van der Waals surface area contributed by atoms with Crippen molar-refractivity contribution in [3.05, 3.63) is 34.9 Å². The fourth-order valence-corrected chi connectivity index (χ4v) is 1.42. The van der Waals surface area contributed by atoms with Crippen molar-refractivity contribution in [3.63, 3.8) is 0 Å². The van der Waals surface area contributed by atoms with E-state index in [9.17, 15) is 5.11 Å². The summed E-state index contributed by atoms with van der Waals surface area (Å²) in [4.78, 5) is 0. The quantitative estimate of drug-likeness (QED) is 0.739. The van der Waals surface area contributed by atoms with Crippen LogP contribution in [0.4, 0.5) is 0 Å². The molecule has 0 unspecified atom stereocenters. The number of hydrogen-bond donors (Lipinski definition) is 2. The van der Waals surface area contributed by atoms with Crippen molar-refractivity contribution in [3.8, 4) is 0 Å². The summed E-state index contributed by atoms with van der Waals surface area (Å²) in [5.74, 6) is 0. The van der Waals surface area contributed by atoms with Gasteiger partial charge in [0, 0.05) is 6.54 Å². The summed E-state index contributed by atoms with van der Waals surface area (Å²) in [6.45, 7) is 4.48. The Balaban J connectivity index is 2.99. The molecule has 0 aliphatic rings. The van der Waals surface area contributed by atoms with E-state index in [2.05, 4.69) is 13.8 Å². The summed E-state index contributed by atoms with van der Waals surface area (Å²) in [5, 5.41) is 9.52. The fraction of sp³-hybridized carbons (Fsp3) is 0.455.